The van der Waals surface area contributed by atoms with Crippen LogP contribution in [0, 0.1) is 5.92 Å². The number of imidazole rings is 1. The van der Waals surface area contributed by atoms with Crippen molar-refractivity contribution in [3.63, 3.8) is 0 Å². The van der Waals surface area contributed by atoms with Crippen LogP contribution in [0.15, 0.2) is 72.2 Å². The number of nitrogens with two attached hydrogens (primary N) is 3. The molecule has 0 radical (unpaired) electrons. The van der Waals surface area contributed by atoms with Gasteiger partial charge in [0.15, 0.2) is 5.96 Å². The number of carbonyl (C=O) groups is 12. The molecule has 35 heteroatoms. The standard InChI is InChI=1S/C55H75N17O13.C2HF3O2/c1-29(2)19-38(49(80)67-37(9-5-17-60-55(57)58)54(85)72-18-6-10-43(72)53(84)62-25-44(56)75)66-46(77)26-63-47(78)39(20-30-11-13-33(74)14-12-30)68-52(83)42(27-73)71-50(81)40(21-31-23-61-35-8-4-3-7-34(31)35)69-51(82)41(22-32-24-59-28-64-32)70-48(79)36-15-16-45(76)65-36;3-2(4,5)1(6)7/h3-4,7-8,11-14,23-24,28-29,36-43,61,73-74H,5-6,9-10,15-22,25-27H2,1-2H3,(H2,56,75)(H,59,64)(H,62,84)(H,63,78)(H,65,76)(H,66,77)(H,67,80)(H,68,83)(H,69,82)(H,70,79)(H,71,81)(H4,57,58,60);(H,6,7)/t36-,37-,38-,39-,40-,41+,42-,43-;/m0./s1. The number of carboxylic acids is 1. The number of aromatic nitrogens is 3. The Morgan fingerprint density at radius 3 is 1.96 bits per heavy atom. The monoisotopic (exact) mass is 1300 g/mol. The number of benzene rings is 2. The van der Waals surface area contributed by atoms with Crippen molar-refractivity contribution in [2.45, 2.75) is 133 Å². The Balaban J connectivity index is 0.00000207. The van der Waals surface area contributed by atoms with E-state index >= 15 is 0 Å². The van der Waals surface area contributed by atoms with Gasteiger partial charge in [0.2, 0.25) is 65.0 Å². The summed E-state index contributed by atoms with van der Waals surface area (Å²) in [7, 11) is 0. The van der Waals surface area contributed by atoms with Gasteiger partial charge in [-0.25, -0.2) is 9.78 Å². The first-order chi connectivity index (χ1) is 43.5. The Kier molecular flexibility index (Phi) is 27.2. The number of carboxylic acid groups (broad SMARTS) is 1. The zero-order valence-corrected chi connectivity index (χ0v) is 50.1. The predicted octanol–water partition coefficient (Wildman–Crippen LogP) is -3.75. The summed E-state index contributed by atoms with van der Waals surface area (Å²) in [6.07, 6.45) is 0.160. The molecule has 32 nitrogen and oxygen atoms in total. The summed E-state index contributed by atoms with van der Waals surface area (Å²) in [5.74, 6) is -11.6. The summed E-state index contributed by atoms with van der Waals surface area (Å²) >= 11 is 0. The Bertz CT molecular complexity index is 3290. The van der Waals surface area contributed by atoms with Crippen molar-refractivity contribution in [2.75, 3.05) is 32.8 Å². The summed E-state index contributed by atoms with van der Waals surface area (Å²) in [6.45, 7) is 1.62. The lowest BCUT2D eigenvalue weighted by Gasteiger charge is -2.30. The number of aliphatic carboxylic acids is 1. The molecule has 0 saturated carbocycles. The summed E-state index contributed by atoms with van der Waals surface area (Å²) in [5.41, 5.74) is 18.3. The van der Waals surface area contributed by atoms with E-state index in [-0.39, 0.29) is 94.4 Å². The summed E-state index contributed by atoms with van der Waals surface area (Å²) in [6, 6.07) is 2.37. The number of carbonyl (C=O) groups excluding carboxylic acids is 11. The summed E-state index contributed by atoms with van der Waals surface area (Å²) < 4.78 is 31.7. The number of likely N-dealkylation sites (tertiary alicyclic amines) is 1. The average molecular weight is 1300 g/mol. The number of hydrogen-bond acceptors (Lipinski definition) is 16. The number of H-pyrrole nitrogens is 2. The number of alkyl halides is 3. The number of halogens is 3. The summed E-state index contributed by atoms with van der Waals surface area (Å²) in [5, 5.41) is 51.6. The third kappa shape index (κ3) is 22.9. The highest BCUT2D eigenvalue weighted by Gasteiger charge is 2.40. The number of rotatable bonds is 31. The van der Waals surface area contributed by atoms with Gasteiger partial charge < -0.3 is 95.2 Å². The SMILES string of the molecule is CC(C)C[C@H](NC(=O)CNC(=O)[C@H](Cc1ccc(O)cc1)NC(=O)[C@H](CO)NC(=O)[C@H](Cc1c[nH]c2ccccc12)NC(=O)[C@@H](Cc1cnc[nH]1)NC(=O)[C@@H]1CCC(=O)N1)C(=O)N[C@@H](CCCN=C(N)N)C(=O)N1CCC[C@H]1C(=O)NCC(N)=O.O=C(O)C(F)(F)F. The average Bonchev–Trinajstić information content (AvgIpc) is 2.48. The largest absolute Gasteiger partial charge is 0.508 e. The van der Waals surface area contributed by atoms with Crippen LogP contribution in [0.3, 0.4) is 0 Å². The van der Waals surface area contributed by atoms with Gasteiger partial charge in [0, 0.05) is 67.8 Å². The van der Waals surface area contributed by atoms with E-state index in [0.717, 1.165) is 0 Å². The van der Waals surface area contributed by atoms with E-state index in [1.165, 1.54) is 41.7 Å². The number of fused-ring (bicyclic) bond motifs is 1. The van der Waals surface area contributed by atoms with Crippen LogP contribution in [0.2, 0.25) is 0 Å². The highest BCUT2D eigenvalue weighted by molar-refractivity contribution is 5.99. The quantitative estimate of drug-likeness (QED) is 0.0131. The van der Waals surface area contributed by atoms with Gasteiger partial charge in [-0.15, -0.1) is 0 Å². The zero-order chi connectivity index (χ0) is 67.8. The maximum atomic E-state index is 14.4. The van der Waals surface area contributed by atoms with Gasteiger partial charge in [0.25, 0.3) is 0 Å². The first-order valence-corrected chi connectivity index (χ1v) is 29.0. The van der Waals surface area contributed by atoms with E-state index in [0.29, 0.717) is 34.1 Å². The molecule has 500 valence electrons. The highest BCUT2D eigenvalue weighted by atomic mass is 19.4. The number of aromatic amines is 2. The molecule has 2 fully saturated rings. The first kappa shape index (κ1) is 72.4. The van der Waals surface area contributed by atoms with Gasteiger partial charge in [-0.1, -0.05) is 44.2 Å². The van der Waals surface area contributed by atoms with Crippen LogP contribution >= 0.6 is 0 Å². The number of nitrogens with zero attached hydrogens (tertiary/aromatic N) is 3. The molecule has 0 aliphatic carbocycles. The Morgan fingerprint density at radius 1 is 0.739 bits per heavy atom. The number of hydrogen-bond donors (Lipinski definition) is 17. The Labute approximate surface area is 523 Å². The molecule has 2 aromatic carbocycles. The number of aromatic hydroxyl groups is 1. The lowest BCUT2D eigenvalue weighted by molar-refractivity contribution is -0.192. The number of guanidine groups is 1. The Morgan fingerprint density at radius 2 is 1.36 bits per heavy atom. The number of amides is 11. The fraction of sp³-hybridized carbons (Fsp3) is 0.474. The van der Waals surface area contributed by atoms with Gasteiger partial charge in [-0.3, -0.25) is 57.7 Å². The molecule has 6 rings (SSSR count). The molecule has 2 aliphatic heterocycles. The lowest BCUT2D eigenvalue weighted by atomic mass is 10.0. The maximum Gasteiger partial charge on any atom is 0.490 e. The molecular weight excluding hydrogens is 1220 g/mol. The van der Waals surface area contributed by atoms with Crippen molar-refractivity contribution >= 4 is 87.8 Å². The molecule has 0 unspecified atom stereocenters. The van der Waals surface area contributed by atoms with Crippen molar-refractivity contribution in [1.82, 2.24) is 67.7 Å². The second kappa shape index (κ2) is 34.6. The minimum atomic E-state index is -5.08. The van der Waals surface area contributed by atoms with E-state index < -0.39 is 139 Å². The van der Waals surface area contributed by atoms with Crippen LogP contribution in [0.5, 0.6) is 5.75 Å². The number of para-hydroxylation sites is 1. The van der Waals surface area contributed by atoms with Crippen molar-refractivity contribution in [1.29, 1.82) is 0 Å². The van der Waals surface area contributed by atoms with E-state index in [1.807, 2.05) is 0 Å². The second-order valence-electron chi connectivity index (χ2n) is 22.0. The molecule has 2 aliphatic rings. The smallest absolute Gasteiger partial charge is 0.490 e. The molecule has 4 heterocycles. The van der Waals surface area contributed by atoms with Gasteiger partial charge >= 0.3 is 12.1 Å². The molecular formula is C57H76F3N17O15. The number of aliphatic imine (C=N–C) groups is 1. The minimum Gasteiger partial charge on any atom is -0.508 e. The molecule has 2 aromatic heterocycles. The third-order valence-corrected chi connectivity index (χ3v) is 14.3. The van der Waals surface area contributed by atoms with E-state index in [4.69, 9.17) is 27.1 Å². The van der Waals surface area contributed by atoms with Gasteiger partial charge in [-0.05, 0) is 73.8 Å². The van der Waals surface area contributed by atoms with Crippen LogP contribution < -0.4 is 65.1 Å². The van der Waals surface area contributed by atoms with Crippen LogP contribution in [-0.2, 0) is 76.8 Å². The number of phenols is 1. The lowest BCUT2D eigenvalue weighted by Crippen LogP contribution is -2.60. The molecule has 20 N–H and O–H groups in total. The van der Waals surface area contributed by atoms with E-state index in [9.17, 15) is 76.1 Å². The van der Waals surface area contributed by atoms with Crippen LogP contribution in [0.25, 0.3) is 10.9 Å². The normalized spacial score (nSPS) is 16.3. The topological polar surface area (TPSA) is 512 Å². The van der Waals surface area contributed by atoms with Crippen LogP contribution in [-0.4, -0.2) is 199 Å². The van der Waals surface area contributed by atoms with Crippen LogP contribution in [0.1, 0.15) is 75.6 Å². The third-order valence-electron chi connectivity index (χ3n) is 14.3. The van der Waals surface area contributed by atoms with Crippen molar-refractivity contribution in [3.8, 4) is 5.75 Å². The van der Waals surface area contributed by atoms with Gasteiger partial charge in [0.05, 0.1) is 26.0 Å². The predicted molar refractivity (Wildman–Crippen MR) is 319 cm³/mol. The number of phenolic OH excluding ortho intramolecular Hbond substituents is 1. The molecule has 2 saturated heterocycles. The maximum absolute atomic E-state index is 14.4. The second-order valence-corrected chi connectivity index (χ2v) is 22.0. The number of nitrogens with one attached hydrogen (secondary N) is 11. The zero-order valence-electron chi connectivity index (χ0n) is 50.1. The first-order valence-electron chi connectivity index (χ1n) is 29.0. The van der Waals surface area contributed by atoms with Crippen LogP contribution in [0.4, 0.5) is 13.2 Å². The van der Waals surface area contributed by atoms with Crippen molar-refractivity contribution in [2.24, 2.45) is 28.1 Å². The van der Waals surface area contributed by atoms with E-state index in [1.54, 1.807) is 44.3 Å². The minimum absolute atomic E-state index is 0.0156. The molecule has 0 bridgehead atoms. The fourth-order valence-corrected chi connectivity index (χ4v) is 9.79. The summed E-state index contributed by atoms with van der Waals surface area (Å²) in [4.78, 5) is 173. The Hall–Kier alpha value is -10.3. The number of aliphatic hydroxyl groups is 1. The van der Waals surface area contributed by atoms with Crippen molar-refractivity contribution < 1.29 is 86.0 Å². The number of primary amides is 1. The van der Waals surface area contributed by atoms with Gasteiger partial charge in [0.1, 0.15) is 54.1 Å². The highest BCUT2D eigenvalue weighted by Crippen LogP contribution is 2.22. The fourth-order valence-electron chi connectivity index (χ4n) is 9.79. The molecule has 8 atom stereocenters. The molecule has 4 aromatic rings. The number of aliphatic hydroxyl groups excluding tert-OH is 1. The molecule has 11 amide bonds. The molecule has 0 spiro atoms. The van der Waals surface area contributed by atoms with Crippen molar-refractivity contribution in [3.05, 3.63) is 84.1 Å². The van der Waals surface area contributed by atoms with Gasteiger partial charge in [-0.2, -0.15) is 13.2 Å². The van der Waals surface area contributed by atoms with E-state index in [2.05, 4.69) is 67.8 Å². The molecule has 92 heavy (non-hydrogen) atoms.